The fourth-order valence-corrected chi connectivity index (χ4v) is 2.05. The average Bonchev–Trinajstić information content (AvgIpc) is 2.49. The summed E-state index contributed by atoms with van der Waals surface area (Å²) in [4.78, 5) is 21.4. The van der Waals surface area contributed by atoms with E-state index in [9.17, 15) is 4.79 Å². The fourth-order valence-electron chi connectivity index (χ4n) is 2.05. The van der Waals surface area contributed by atoms with E-state index in [4.69, 9.17) is 4.74 Å². The van der Waals surface area contributed by atoms with Crippen LogP contribution in [0.4, 0.5) is 0 Å². The summed E-state index contributed by atoms with van der Waals surface area (Å²) >= 11 is 0. The van der Waals surface area contributed by atoms with Crippen molar-refractivity contribution in [3.05, 3.63) is 40.4 Å². The first kappa shape index (κ1) is 15.6. The topological polar surface area (TPSA) is 70.2 Å². The molecular formula is C15H22N4O2. The summed E-state index contributed by atoms with van der Waals surface area (Å²) in [5.74, 6) is 0.665. The zero-order valence-electron chi connectivity index (χ0n) is 12.6. The molecule has 0 spiro atoms. The molecule has 0 radical (unpaired) electrons. The minimum Gasteiger partial charge on any atom is -0.383 e. The fraction of sp³-hybridized carbons (Fsp3) is 0.467. The minimum atomic E-state index is -0.0883. The van der Waals surface area contributed by atoms with Gasteiger partial charge in [-0.1, -0.05) is 12.1 Å². The summed E-state index contributed by atoms with van der Waals surface area (Å²) in [6, 6.07) is 7.36. The normalized spacial score (nSPS) is 11.4. The second-order valence-corrected chi connectivity index (χ2v) is 5.00. The number of benzene rings is 1. The molecule has 0 aliphatic carbocycles. The number of hydrogen-bond donors (Lipinski definition) is 2. The molecular weight excluding hydrogens is 268 g/mol. The molecule has 2 rings (SSSR count). The molecule has 0 atom stereocenters. The lowest BCUT2D eigenvalue weighted by atomic mass is 10.2. The lowest BCUT2D eigenvalue weighted by Crippen LogP contribution is -2.31. The highest BCUT2D eigenvalue weighted by Crippen LogP contribution is 2.05. The number of likely N-dealkylation sites (N-methyl/N-ethyl adjacent to an activating group) is 1. The van der Waals surface area contributed by atoms with Crippen LogP contribution >= 0.6 is 0 Å². The Bertz CT molecular complexity index is 626. The molecule has 1 aromatic carbocycles. The van der Waals surface area contributed by atoms with E-state index < -0.39 is 0 Å². The second-order valence-electron chi connectivity index (χ2n) is 5.00. The molecule has 21 heavy (non-hydrogen) atoms. The molecule has 0 aliphatic heterocycles. The standard InChI is InChI=1S/C15H22N4O2/c1-19(9-10-21-2)8-7-16-11-14-17-13-6-4-3-5-12(13)15(20)18-14/h3-6,16H,7-11H2,1-2H3,(H,17,18,20). The van der Waals surface area contributed by atoms with E-state index in [0.717, 1.165) is 31.8 Å². The van der Waals surface area contributed by atoms with Gasteiger partial charge in [0.2, 0.25) is 0 Å². The van der Waals surface area contributed by atoms with E-state index in [1.54, 1.807) is 13.2 Å². The van der Waals surface area contributed by atoms with Crippen molar-refractivity contribution < 1.29 is 4.74 Å². The average molecular weight is 290 g/mol. The molecule has 6 nitrogen and oxygen atoms in total. The zero-order chi connectivity index (χ0) is 15.1. The van der Waals surface area contributed by atoms with Crippen LogP contribution in [0.5, 0.6) is 0 Å². The summed E-state index contributed by atoms with van der Waals surface area (Å²) in [7, 11) is 3.75. The molecule has 6 heteroatoms. The summed E-state index contributed by atoms with van der Waals surface area (Å²) in [6.07, 6.45) is 0. The van der Waals surface area contributed by atoms with Gasteiger partial charge in [0.05, 0.1) is 24.1 Å². The number of ether oxygens (including phenoxy) is 1. The van der Waals surface area contributed by atoms with E-state index in [-0.39, 0.29) is 5.56 Å². The van der Waals surface area contributed by atoms with Crippen molar-refractivity contribution in [3.63, 3.8) is 0 Å². The third-order valence-electron chi connectivity index (χ3n) is 3.30. The molecule has 1 aromatic heterocycles. The van der Waals surface area contributed by atoms with Crippen LogP contribution in [0.1, 0.15) is 5.82 Å². The van der Waals surface area contributed by atoms with Gasteiger partial charge >= 0.3 is 0 Å². The number of hydrogen-bond acceptors (Lipinski definition) is 5. The van der Waals surface area contributed by atoms with Crippen LogP contribution in [0.2, 0.25) is 0 Å². The molecule has 0 saturated heterocycles. The van der Waals surface area contributed by atoms with E-state index in [1.807, 2.05) is 18.2 Å². The van der Waals surface area contributed by atoms with Crippen molar-refractivity contribution in [2.75, 3.05) is 40.4 Å². The van der Waals surface area contributed by atoms with E-state index in [2.05, 4.69) is 27.2 Å². The zero-order valence-corrected chi connectivity index (χ0v) is 12.6. The number of rotatable bonds is 8. The number of H-pyrrole nitrogens is 1. The van der Waals surface area contributed by atoms with Gasteiger partial charge in [-0.2, -0.15) is 0 Å². The Morgan fingerprint density at radius 1 is 1.33 bits per heavy atom. The Morgan fingerprint density at radius 2 is 2.14 bits per heavy atom. The van der Waals surface area contributed by atoms with Crippen LogP contribution < -0.4 is 10.9 Å². The van der Waals surface area contributed by atoms with Gasteiger partial charge in [0.1, 0.15) is 5.82 Å². The van der Waals surface area contributed by atoms with E-state index >= 15 is 0 Å². The van der Waals surface area contributed by atoms with E-state index in [0.29, 0.717) is 17.8 Å². The largest absolute Gasteiger partial charge is 0.383 e. The van der Waals surface area contributed by atoms with Gasteiger partial charge in [-0.3, -0.25) is 4.79 Å². The molecule has 0 unspecified atom stereocenters. The number of nitrogens with zero attached hydrogens (tertiary/aromatic N) is 2. The van der Waals surface area contributed by atoms with Crippen LogP contribution in [0.15, 0.2) is 29.1 Å². The van der Waals surface area contributed by atoms with Crippen molar-refractivity contribution in [2.45, 2.75) is 6.54 Å². The molecule has 114 valence electrons. The minimum absolute atomic E-state index is 0.0883. The first-order valence-corrected chi connectivity index (χ1v) is 7.07. The number of methoxy groups -OCH3 is 1. The highest BCUT2D eigenvalue weighted by Gasteiger charge is 2.03. The number of fused-ring (bicyclic) bond motifs is 1. The summed E-state index contributed by atoms with van der Waals surface area (Å²) < 4.78 is 5.03. The number of para-hydroxylation sites is 1. The lowest BCUT2D eigenvalue weighted by molar-refractivity contribution is 0.161. The van der Waals surface area contributed by atoms with Gasteiger partial charge in [-0.05, 0) is 19.2 Å². The third-order valence-corrected chi connectivity index (χ3v) is 3.30. The van der Waals surface area contributed by atoms with E-state index in [1.165, 1.54) is 0 Å². The quantitative estimate of drug-likeness (QED) is 0.696. The van der Waals surface area contributed by atoms with Crippen LogP contribution in [0, 0.1) is 0 Å². The maximum Gasteiger partial charge on any atom is 0.258 e. The predicted octanol–water partition coefficient (Wildman–Crippen LogP) is 0.591. The first-order chi connectivity index (χ1) is 10.2. The molecule has 0 bridgehead atoms. The van der Waals surface area contributed by atoms with Gasteiger partial charge < -0.3 is 19.9 Å². The van der Waals surface area contributed by atoms with Gasteiger partial charge in [0.15, 0.2) is 0 Å². The summed E-state index contributed by atoms with van der Waals surface area (Å²) in [6.45, 7) is 3.94. The molecule has 2 N–H and O–H groups in total. The van der Waals surface area contributed by atoms with Crippen LogP contribution in [-0.4, -0.2) is 55.3 Å². The van der Waals surface area contributed by atoms with Gasteiger partial charge in [-0.15, -0.1) is 0 Å². The van der Waals surface area contributed by atoms with Crippen LogP contribution in [-0.2, 0) is 11.3 Å². The lowest BCUT2D eigenvalue weighted by Gasteiger charge is -2.16. The van der Waals surface area contributed by atoms with Gasteiger partial charge in [0.25, 0.3) is 5.56 Å². The molecule has 2 aromatic rings. The second kappa shape index (κ2) is 7.87. The Morgan fingerprint density at radius 3 is 2.95 bits per heavy atom. The van der Waals surface area contributed by atoms with Gasteiger partial charge in [0, 0.05) is 26.7 Å². The Balaban J connectivity index is 1.85. The highest BCUT2D eigenvalue weighted by atomic mass is 16.5. The number of aromatic nitrogens is 2. The Labute approximate surface area is 124 Å². The maximum absolute atomic E-state index is 11.9. The Kier molecular flexibility index (Phi) is 5.86. The smallest absolute Gasteiger partial charge is 0.258 e. The first-order valence-electron chi connectivity index (χ1n) is 7.07. The molecule has 0 saturated carbocycles. The van der Waals surface area contributed by atoms with Crippen LogP contribution in [0.25, 0.3) is 10.9 Å². The SMILES string of the molecule is COCCN(C)CCNCc1nc2ccccc2c(=O)[nH]1. The molecule has 0 fully saturated rings. The van der Waals surface area contributed by atoms with Crippen molar-refractivity contribution in [2.24, 2.45) is 0 Å². The van der Waals surface area contributed by atoms with Gasteiger partial charge in [-0.25, -0.2) is 4.98 Å². The van der Waals surface area contributed by atoms with Crippen molar-refractivity contribution in [1.82, 2.24) is 20.2 Å². The third kappa shape index (κ3) is 4.63. The van der Waals surface area contributed by atoms with Crippen molar-refractivity contribution in [1.29, 1.82) is 0 Å². The number of aromatic amines is 1. The molecule has 0 aliphatic rings. The van der Waals surface area contributed by atoms with Crippen molar-refractivity contribution >= 4 is 10.9 Å². The highest BCUT2D eigenvalue weighted by molar-refractivity contribution is 5.77. The molecule has 1 heterocycles. The molecule has 0 amide bonds. The Hall–Kier alpha value is -1.76. The summed E-state index contributed by atoms with van der Waals surface area (Å²) in [5, 5.41) is 3.91. The summed E-state index contributed by atoms with van der Waals surface area (Å²) in [5.41, 5.74) is 0.643. The van der Waals surface area contributed by atoms with Crippen LogP contribution in [0.3, 0.4) is 0 Å². The predicted molar refractivity (Wildman–Crippen MR) is 83.4 cm³/mol. The maximum atomic E-state index is 11.9. The monoisotopic (exact) mass is 290 g/mol. The van der Waals surface area contributed by atoms with Crippen molar-refractivity contribution in [3.8, 4) is 0 Å². The number of nitrogens with one attached hydrogen (secondary N) is 2.